The van der Waals surface area contributed by atoms with Gasteiger partial charge >= 0.3 is 0 Å². The largest absolute Gasteiger partial charge is 0.349 e. The summed E-state index contributed by atoms with van der Waals surface area (Å²) >= 11 is 0. The number of rotatable bonds is 2. The van der Waals surface area contributed by atoms with Crippen molar-refractivity contribution in [3.63, 3.8) is 0 Å². The lowest BCUT2D eigenvalue weighted by molar-refractivity contribution is 0.0860. The van der Waals surface area contributed by atoms with E-state index in [1.54, 1.807) is 12.1 Å². The van der Waals surface area contributed by atoms with Crippen LogP contribution in [0.5, 0.6) is 0 Å². The lowest BCUT2D eigenvalue weighted by atomic mass is 9.90. The first-order valence-electron chi connectivity index (χ1n) is 4.75. The van der Waals surface area contributed by atoms with Gasteiger partial charge in [0.2, 0.25) is 0 Å². The van der Waals surface area contributed by atoms with Crippen molar-refractivity contribution in [1.82, 2.24) is 5.32 Å². The first kappa shape index (κ1) is 9.19. The van der Waals surface area contributed by atoms with Crippen LogP contribution in [0.3, 0.4) is 0 Å². The number of halogens is 1. The number of hydrogen-bond donors (Lipinski definition) is 1. The lowest BCUT2D eigenvalue weighted by Crippen LogP contribution is -2.45. The van der Waals surface area contributed by atoms with Crippen molar-refractivity contribution < 1.29 is 9.18 Å². The molecule has 3 heteroatoms. The summed E-state index contributed by atoms with van der Waals surface area (Å²) < 4.78 is 12.5. The molecule has 74 valence electrons. The van der Waals surface area contributed by atoms with Crippen LogP contribution in [0, 0.1) is 0 Å². The van der Waals surface area contributed by atoms with Crippen molar-refractivity contribution in [3.05, 3.63) is 35.9 Å². The molecule has 0 atom stereocenters. The second-order valence-corrected chi connectivity index (χ2v) is 3.61. The van der Waals surface area contributed by atoms with Gasteiger partial charge in [0.15, 0.2) is 0 Å². The Morgan fingerprint density at radius 3 is 2.50 bits per heavy atom. The van der Waals surface area contributed by atoms with Crippen molar-refractivity contribution in [2.75, 3.05) is 0 Å². The summed E-state index contributed by atoms with van der Waals surface area (Å²) in [6.45, 7) is 0. The zero-order chi connectivity index (χ0) is 9.97. The summed E-state index contributed by atoms with van der Waals surface area (Å²) in [7, 11) is 0. The Kier molecular flexibility index (Phi) is 2.48. The van der Waals surface area contributed by atoms with Gasteiger partial charge in [-0.1, -0.05) is 18.2 Å². The van der Waals surface area contributed by atoms with Gasteiger partial charge in [-0.3, -0.25) is 4.79 Å². The van der Waals surface area contributed by atoms with Gasteiger partial charge in [0, 0.05) is 11.6 Å². The lowest BCUT2D eigenvalue weighted by Gasteiger charge is -2.30. The summed E-state index contributed by atoms with van der Waals surface area (Å²) in [5.74, 6) is -0.109. The molecule has 0 bridgehead atoms. The van der Waals surface area contributed by atoms with E-state index in [1.165, 1.54) is 0 Å². The highest BCUT2D eigenvalue weighted by Gasteiger charge is 2.29. The maximum atomic E-state index is 12.5. The molecular formula is C11H12FNO. The van der Waals surface area contributed by atoms with E-state index in [-0.39, 0.29) is 11.9 Å². The Balaban J connectivity index is 1.90. The minimum Gasteiger partial charge on any atom is -0.349 e. The molecule has 0 spiro atoms. The second-order valence-electron chi connectivity index (χ2n) is 3.61. The van der Waals surface area contributed by atoms with Gasteiger partial charge < -0.3 is 5.32 Å². The number of nitrogens with one attached hydrogen (secondary N) is 1. The van der Waals surface area contributed by atoms with E-state index in [9.17, 15) is 9.18 Å². The fourth-order valence-electron chi connectivity index (χ4n) is 1.52. The van der Waals surface area contributed by atoms with Crippen molar-refractivity contribution in [1.29, 1.82) is 0 Å². The van der Waals surface area contributed by atoms with Crippen LogP contribution < -0.4 is 5.32 Å². The maximum Gasteiger partial charge on any atom is 0.251 e. The van der Waals surface area contributed by atoms with E-state index in [0.717, 1.165) is 0 Å². The van der Waals surface area contributed by atoms with Crippen LogP contribution in [-0.4, -0.2) is 18.1 Å². The molecule has 0 aliphatic heterocycles. The van der Waals surface area contributed by atoms with Gasteiger partial charge in [-0.2, -0.15) is 0 Å². The van der Waals surface area contributed by atoms with Crippen LogP contribution >= 0.6 is 0 Å². The predicted octanol–water partition coefficient (Wildman–Crippen LogP) is 1.92. The molecular weight excluding hydrogens is 181 g/mol. The third-order valence-corrected chi connectivity index (χ3v) is 2.45. The van der Waals surface area contributed by atoms with Crippen LogP contribution in [0.4, 0.5) is 4.39 Å². The van der Waals surface area contributed by atoms with Crippen molar-refractivity contribution in [2.24, 2.45) is 0 Å². The summed E-state index contributed by atoms with van der Waals surface area (Å²) in [6.07, 6.45) is 0.188. The molecule has 0 radical (unpaired) electrons. The first-order chi connectivity index (χ1) is 6.75. The molecule has 1 fully saturated rings. The van der Waals surface area contributed by atoms with Gasteiger partial charge in [0.05, 0.1) is 0 Å². The van der Waals surface area contributed by atoms with E-state index in [4.69, 9.17) is 0 Å². The van der Waals surface area contributed by atoms with E-state index < -0.39 is 6.17 Å². The minimum atomic E-state index is -0.726. The molecule has 1 amide bonds. The van der Waals surface area contributed by atoms with Crippen LogP contribution in [0.25, 0.3) is 0 Å². The van der Waals surface area contributed by atoms with Gasteiger partial charge in [-0.15, -0.1) is 0 Å². The van der Waals surface area contributed by atoms with E-state index >= 15 is 0 Å². The number of carbonyl (C=O) groups is 1. The molecule has 0 heterocycles. The number of hydrogen-bond acceptors (Lipinski definition) is 1. The Morgan fingerprint density at radius 1 is 1.29 bits per heavy atom. The molecule has 0 saturated heterocycles. The van der Waals surface area contributed by atoms with Crippen molar-refractivity contribution >= 4 is 5.91 Å². The quantitative estimate of drug-likeness (QED) is 0.763. The standard InChI is InChI=1S/C11H12FNO/c12-9-6-10(7-9)13-11(14)8-4-2-1-3-5-8/h1-5,9-10H,6-7H2,(H,13,14). The molecule has 1 aromatic carbocycles. The summed E-state index contributed by atoms with van der Waals surface area (Å²) in [5, 5.41) is 2.78. The molecule has 1 aliphatic rings. The fraction of sp³-hybridized carbons (Fsp3) is 0.364. The normalized spacial score (nSPS) is 25.2. The Labute approximate surface area is 82.1 Å². The van der Waals surface area contributed by atoms with E-state index in [2.05, 4.69) is 5.32 Å². The number of alkyl halides is 1. The van der Waals surface area contributed by atoms with Crippen LogP contribution in [0.2, 0.25) is 0 Å². The second kappa shape index (κ2) is 3.78. The predicted molar refractivity (Wildman–Crippen MR) is 51.8 cm³/mol. The summed E-state index contributed by atoms with van der Waals surface area (Å²) in [6, 6.07) is 9.01. The van der Waals surface area contributed by atoms with E-state index in [1.807, 2.05) is 18.2 Å². The third kappa shape index (κ3) is 1.92. The molecule has 0 aromatic heterocycles. The number of amides is 1. The molecule has 1 N–H and O–H groups in total. The molecule has 1 aliphatic carbocycles. The van der Waals surface area contributed by atoms with Crippen LogP contribution in [0.15, 0.2) is 30.3 Å². The van der Waals surface area contributed by atoms with Crippen LogP contribution in [0.1, 0.15) is 23.2 Å². The molecule has 14 heavy (non-hydrogen) atoms. The van der Waals surface area contributed by atoms with E-state index in [0.29, 0.717) is 18.4 Å². The maximum absolute atomic E-state index is 12.5. The highest BCUT2D eigenvalue weighted by molar-refractivity contribution is 5.94. The molecule has 0 unspecified atom stereocenters. The Hall–Kier alpha value is -1.38. The Morgan fingerprint density at radius 2 is 1.93 bits per heavy atom. The minimum absolute atomic E-state index is 0.0257. The zero-order valence-corrected chi connectivity index (χ0v) is 7.74. The average Bonchev–Trinajstić information content (AvgIpc) is 2.17. The topological polar surface area (TPSA) is 29.1 Å². The van der Waals surface area contributed by atoms with Gasteiger partial charge in [-0.05, 0) is 25.0 Å². The van der Waals surface area contributed by atoms with Gasteiger partial charge in [-0.25, -0.2) is 4.39 Å². The van der Waals surface area contributed by atoms with Crippen LogP contribution in [-0.2, 0) is 0 Å². The number of benzene rings is 1. The third-order valence-electron chi connectivity index (χ3n) is 2.45. The average molecular weight is 193 g/mol. The summed E-state index contributed by atoms with van der Waals surface area (Å²) in [5.41, 5.74) is 0.634. The Bertz CT molecular complexity index is 319. The van der Waals surface area contributed by atoms with Gasteiger partial charge in [0.25, 0.3) is 5.91 Å². The molecule has 2 rings (SSSR count). The molecule has 2 nitrogen and oxygen atoms in total. The van der Waals surface area contributed by atoms with Crippen molar-refractivity contribution in [3.8, 4) is 0 Å². The number of carbonyl (C=O) groups excluding carboxylic acids is 1. The highest BCUT2D eigenvalue weighted by atomic mass is 19.1. The highest BCUT2D eigenvalue weighted by Crippen LogP contribution is 2.23. The van der Waals surface area contributed by atoms with Crippen molar-refractivity contribution in [2.45, 2.75) is 25.1 Å². The monoisotopic (exact) mass is 193 g/mol. The summed E-state index contributed by atoms with van der Waals surface area (Å²) in [4.78, 5) is 11.5. The smallest absolute Gasteiger partial charge is 0.251 e. The zero-order valence-electron chi connectivity index (χ0n) is 7.74. The molecule has 1 aromatic rings. The molecule has 1 saturated carbocycles. The fourth-order valence-corrected chi connectivity index (χ4v) is 1.52. The van der Waals surface area contributed by atoms with Gasteiger partial charge in [0.1, 0.15) is 6.17 Å². The SMILES string of the molecule is O=C(NC1CC(F)C1)c1ccccc1. The first-order valence-corrected chi connectivity index (χ1v) is 4.75.